The molecule has 5 heteroatoms. The molecule has 0 atom stereocenters. The highest BCUT2D eigenvalue weighted by Gasteiger charge is 2.20. The monoisotopic (exact) mass is 282 g/mol. The Morgan fingerprint density at radius 2 is 2.00 bits per heavy atom. The van der Waals surface area contributed by atoms with Crippen molar-refractivity contribution in [2.75, 3.05) is 0 Å². The van der Waals surface area contributed by atoms with Crippen molar-refractivity contribution in [3.63, 3.8) is 0 Å². The summed E-state index contributed by atoms with van der Waals surface area (Å²) in [4.78, 5) is 5.41. The predicted molar refractivity (Wildman–Crippen MR) is 74.0 cm³/mol. The summed E-state index contributed by atoms with van der Waals surface area (Å²) in [5, 5.41) is 4.74. The summed E-state index contributed by atoms with van der Waals surface area (Å²) in [5.41, 5.74) is -0.0865. The van der Waals surface area contributed by atoms with Crippen molar-refractivity contribution >= 4 is 23.4 Å². The Bertz CT molecular complexity index is 534. The van der Waals surface area contributed by atoms with Gasteiger partial charge in [-0.2, -0.15) is 4.98 Å². The minimum Gasteiger partial charge on any atom is -0.338 e. The van der Waals surface area contributed by atoms with Crippen molar-refractivity contribution in [3.05, 3.63) is 41.0 Å². The number of thioether (sulfide) groups is 1. The molecule has 0 aliphatic heterocycles. The minimum atomic E-state index is -0.0865. The largest absolute Gasteiger partial charge is 0.338 e. The zero-order valence-electron chi connectivity index (χ0n) is 10.6. The van der Waals surface area contributed by atoms with E-state index in [0.29, 0.717) is 11.6 Å². The molecule has 0 fully saturated rings. The van der Waals surface area contributed by atoms with E-state index in [9.17, 15) is 0 Å². The first-order valence-electron chi connectivity index (χ1n) is 5.67. The van der Waals surface area contributed by atoms with Crippen molar-refractivity contribution in [2.24, 2.45) is 0 Å². The molecule has 0 unspecified atom stereocenters. The second kappa shape index (κ2) is 5.33. The maximum absolute atomic E-state index is 6.08. The number of aromatic nitrogens is 2. The average molecular weight is 283 g/mol. The van der Waals surface area contributed by atoms with Gasteiger partial charge in [-0.15, -0.1) is 11.8 Å². The number of rotatable bonds is 3. The Kier molecular flexibility index (Phi) is 3.97. The summed E-state index contributed by atoms with van der Waals surface area (Å²) in [7, 11) is 0. The van der Waals surface area contributed by atoms with Crippen LogP contribution in [0, 0.1) is 0 Å². The molecule has 1 aromatic heterocycles. The van der Waals surface area contributed by atoms with Gasteiger partial charge in [-0.25, -0.2) is 0 Å². The number of halogens is 1. The molecule has 0 radical (unpaired) electrons. The van der Waals surface area contributed by atoms with Crippen LogP contribution in [0.2, 0.25) is 5.02 Å². The fourth-order valence-corrected chi connectivity index (χ4v) is 2.40. The van der Waals surface area contributed by atoms with E-state index in [2.05, 4.69) is 30.9 Å². The van der Waals surface area contributed by atoms with E-state index in [1.165, 1.54) is 0 Å². The second-order valence-corrected chi connectivity index (χ2v) is 6.41. The van der Waals surface area contributed by atoms with Gasteiger partial charge in [-0.1, -0.05) is 49.7 Å². The van der Waals surface area contributed by atoms with E-state index < -0.39 is 0 Å². The lowest BCUT2D eigenvalue weighted by atomic mass is 9.96. The molecule has 0 saturated carbocycles. The molecule has 96 valence electrons. The number of hydrogen-bond donors (Lipinski definition) is 0. The van der Waals surface area contributed by atoms with Gasteiger partial charge >= 0.3 is 0 Å². The molecule has 1 aromatic carbocycles. The molecule has 0 bridgehead atoms. The lowest BCUT2D eigenvalue weighted by Crippen LogP contribution is -2.13. The molecule has 18 heavy (non-hydrogen) atoms. The van der Waals surface area contributed by atoms with Gasteiger partial charge in [-0.3, -0.25) is 0 Å². The molecule has 0 saturated heterocycles. The van der Waals surface area contributed by atoms with Crippen LogP contribution >= 0.6 is 23.4 Å². The number of nitrogens with zero attached hydrogens (tertiary/aromatic N) is 2. The van der Waals surface area contributed by atoms with Crippen LogP contribution < -0.4 is 0 Å². The molecule has 0 aliphatic carbocycles. The topological polar surface area (TPSA) is 38.9 Å². The number of hydrogen-bond acceptors (Lipinski definition) is 4. The van der Waals surface area contributed by atoms with Gasteiger partial charge in [-0.05, 0) is 12.1 Å². The van der Waals surface area contributed by atoms with Crippen LogP contribution in [-0.4, -0.2) is 10.1 Å². The van der Waals surface area contributed by atoms with Gasteiger partial charge in [0.25, 0.3) is 0 Å². The van der Waals surface area contributed by atoms with E-state index in [0.717, 1.165) is 15.7 Å². The average Bonchev–Trinajstić information content (AvgIpc) is 2.76. The van der Waals surface area contributed by atoms with Crippen LogP contribution in [0.4, 0.5) is 0 Å². The summed E-state index contributed by atoms with van der Waals surface area (Å²) >= 11 is 7.68. The first-order valence-corrected chi connectivity index (χ1v) is 7.03. The maximum Gasteiger partial charge on any atom is 0.237 e. The Morgan fingerprint density at radius 3 is 2.61 bits per heavy atom. The van der Waals surface area contributed by atoms with Crippen molar-refractivity contribution < 1.29 is 4.52 Å². The Balaban J connectivity index is 2.03. The molecule has 3 nitrogen and oxygen atoms in total. The lowest BCUT2D eigenvalue weighted by molar-refractivity contribution is 0.373. The molecule has 0 amide bonds. The van der Waals surface area contributed by atoms with E-state index in [-0.39, 0.29) is 5.41 Å². The standard InChI is InChI=1S/C13H15ClN2OS/c1-13(2,3)12-15-11(17-16-12)8-18-10-7-5-4-6-9(10)14/h4-7H,8H2,1-3H3. The van der Waals surface area contributed by atoms with E-state index in [1.807, 2.05) is 24.3 Å². The fraction of sp³-hybridized carbons (Fsp3) is 0.385. The Hall–Kier alpha value is -1.00. The summed E-state index contributed by atoms with van der Waals surface area (Å²) in [6.07, 6.45) is 0. The number of benzene rings is 1. The molecule has 0 aliphatic rings. The van der Waals surface area contributed by atoms with Crippen molar-refractivity contribution in [1.82, 2.24) is 10.1 Å². The van der Waals surface area contributed by atoms with Crippen LogP contribution in [0.5, 0.6) is 0 Å². The molecular weight excluding hydrogens is 268 g/mol. The van der Waals surface area contributed by atoms with Crippen LogP contribution in [0.15, 0.2) is 33.7 Å². The zero-order chi connectivity index (χ0) is 13.2. The molecule has 2 rings (SSSR count). The molecule has 0 N–H and O–H groups in total. The molecule has 1 heterocycles. The van der Waals surface area contributed by atoms with Crippen LogP contribution in [0.25, 0.3) is 0 Å². The third-order valence-corrected chi connectivity index (χ3v) is 3.83. The highest BCUT2D eigenvalue weighted by atomic mass is 35.5. The highest BCUT2D eigenvalue weighted by molar-refractivity contribution is 7.98. The summed E-state index contributed by atoms with van der Waals surface area (Å²) < 4.78 is 5.23. The van der Waals surface area contributed by atoms with Crippen LogP contribution in [-0.2, 0) is 11.2 Å². The van der Waals surface area contributed by atoms with Crippen LogP contribution in [0.1, 0.15) is 32.5 Å². The van der Waals surface area contributed by atoms with Crippen molar-refractivity contribution in [1.29, 1.82) is 0 Å². The molecule has 2 aromatic rings. The first kappa shape index (κ1) is 13.4. The smallest absolute Gasteiger partial charge is 0.237 e. The third kappa shape index (κ3) is 3.27. The Morgan fingerprint density at radius 1 is 1.28 bits per heavy atom. The van der Waals surface area contributed by atoms with Gasteiger partial charge < -0.3 is 4.52 Å². The SMILES string of the molecule is CC(C)(C)c1noc(CSc2ccccc2Cl)n1. The van der Waals surface area contributed by atoms with Gasteiger partial charge in [0.1, 0.15) is 0 Å². The van der Waals surface area contributed by atoms with Gasteiger partial charge in [0.05, 0.1) is 10.8 Å². The summed E-state index contributed by atoms with van der Waals surface area (Å²) in [6.45, 7) is 6.18. The van der Waals surface area contributed by atoms with Crippen molar-refractivity contribution in [3.8, 4) is 0 Å². The lowest BCUT2D eigenvalue weighted by Gasteiger charge is -2.10. The first-order chi connectivity index (χ1) is 8.47. The quantitative estimate of drug-likeness (QED) is 0.786. The summed E-state index contributed by atoms with van der Waals surface area (Å²) in [6, 6.07) is 7.73. The maximum atomic E-state index is 6.08. The Labute approximate surface area is 116 Å². The third-order valence-electron chi connectivity index (χ3n) is 2.33. The van der Waals surface area contributed by atoms with E-state index in [4.69, 9.17) is 16.1 Å². The second-order valence-electron chi connectivity index (χ2n) is 4.98. The minimum absolute atomic E-state index is 0.0865. The molecule has 0 spiro atoms. The van der Waals surface area contributed by atoms with E-state index >= 15 is 0 Å². The van der Waals surface area contributed by atoms with Crippen LogP contribution in [0.3, 0.4) is 0 Å². The van der Waals surface area contributed by atoms with Crippen molar-refractivity contribution in [2.45, 2.75) is 36.8 Å². The van der Waals surface area contributed by atoms with Gasteiger partial charge in [0.2, 0.25) is 5.89 Å². The van der Waals surface area contributed by atoms with Gasteiger partial charge in [0, 0.05) is 10.3 Å². The molecular formula is C13H15ClN2OS. The van der Waals surface area contributed by atoms with E-state index in [1.54, 1.807) is 11.8 Å². The predicted octanol–water partition coefficient (Wildman–Crippen LogP) is 4.31. The van der Waals surface area contributed by atoms with Gasteiger partial charge in [0.15, 0.2) is 5.82 Å². The highest BCUT2D eigenvalue weighted by Crippen LogP contribution is 2.29. The summed E-state index contributed by atoms with van der Waals surface area (Å²) in [5.74, 6) is 1.99. The zero-order valence-corrected chi connectivity index (χ0v) is 12.2. The normalized spacial score (nSPS) is 11.8. The fourth-order valence-electron chi connectivity index (χ4n) is 1.32.